The Labute approximate surface area is 129 Å². The molecule has 1 aromatic carbocycles. The lowest BCUT2D eigenvalue weighted by atomic mass is 9.99. The number of aromatic nitrogens is 1. The summed E-state index contributed by atoms with van der Waals surface area (Å²) in [6.45, 7) is 2.18. The Balaban J connectivity index is 1.88. The summed E-state index contributed by atoms with van der Waals surface area (Å²) in [5.41, 5.74) is 2.02. The topological polar surface area (TPSA) is 43.4 Å². The zero-order valence-corrected chi connectivity index (χ0v) is 13.2. The molecule has 21 heavy (non-hydrogen) atoms. The Kier molecular flexibility index (Phi) is 4.41. The number of methoxy groups -OCH3 is 2. The van der Waals surface area contributed by atoms with E-state index >= 15 is 0 Å². The third-order valence-corrected chi connectivity index (χ3v) is 4.90. The van der Waals surface area contributed by atoms with E-state index in [0.29, 0.717) is 5.92 Å². The smallest absolute Gasteiger partial charge is 0.131 e. The van der Waals surface area contributed by atoms with Crippen LogP contribution in [0.15, 0.2) is 23.6 Å². The Hall–Kier alpha value is -1.59. The van der Waals surface area contributed by atoms with E-state index in [-0.39, 0.29) is 0 Å². The molecule has 1 aliphatic rings. The summed E-state index contributed by atoms with van der Waals surface area (Å²) in [6, 6.07) is 5.86. The first-order valence-corrected chi connectivity index (χ1v) is 8.08. The molecule has 0 aliphatic carbocycles. The van der Waals surface area contributed by atoms with Gasteiger partial charge in [0, 0.05) is 22.9 Å². The standard InChI is InChI=1S/C16H20N2O2S/c1-19-12-3-4-13(15(9-12)20-2)14-10-21-16(18-14)11-5-7-17-8-6-11/h3-4,9-11,17H,5-8H2,1-2H3. The minimum atomic E-state index is 0.592. The highest BCUT2D eigenvalue weighted by molar-refractivity contribution is 7.10. The lowest BCUT2D eigenvalue weighted by molar-refractivity contribution is 0.395. The van der Waals surface area contributed by atoms with E-state index in [0.717, 1.165) is 35.8 Å². The van der Waals surface area contributed by atoms with Crippen LogP contribution < -0.4 is 14.8 Å². The number of benzene rings is 1. The van der Waals surface area contributed by atoms with Crippen LogP contribution in [0, 0.1) is 0 Å². The quantitative estimate of drug-likeness (QED) is 0.941. The summed E-state index contributed by atoms with van der Waals surface area (Å²) in [5.74, 6) is 2.19. The van der Waals surface area contributed by atoms with Gasteiger partial charge in [-0.25, -0.2) is 4.98 Å². The molecule has 0 radical (unpaired) electrons. The zero-order chi connectivity index (χ0) is 14.7. The Morgan fingerprint density at radius 1 is 1.19 bits per heavy atom. The van der Waals surface area contributed by atoms with Gasteiger partial charge in [0.15, 0.2) is 0 Å². The zero-order valence-electron chi connectivity index (χ0n) is 12.4. The fourth-order valence-corrected chi connectivity index (χ4v) is 3.67. The van der Waals surface area contributed by atoms with E-state index in [4.69, 9.17) is 14.5 Å². The second-order valence-corrected chi connectivity index (χ2v) is 6.05. The first-order chi connectivity index (χ1) is 10.3. The molecule has 0 saturated carbocycles. The van der Waals surface area contributed by atoms with Crippen molar-refractivity contribution in [1.82, 2.24) is 10.3 Å². The number of hydrogen-bond donors (Lipinski definition) is 1. The van der Waals surface area contributed by atoms with Crippen LogP contribution in [-0.2, 0) is 0 Å². The fraction of sp³-hybridized carbons (Fsp3) is 0.438. The second-order valence-electron chi connectivity index (χ2n) is 5.16. The third-order valence-electron chi connectivity index (χ3n) is 3.89. The van der Waals surface area contributed by atoms with Gasteiger partial charge in [-0.3, -0.25) is 0 Å². The van der Waals surface area contributed by atoms with E-state index in [1.54, 1.807) is 25.6 Å². The molecule has 1 N–H and O–H groups in total. The molecule has 1 saturated heterocycles. The molecular weight excluding hydrogens is 284 g/mol. The molecule has 0 atom stereocenters. The molecule has 0 amide bonds. The number of thiazole rings is 1. The maximum atomic E-state index is 5.47. The first-order valence-electron chi connectivity index (χ1n) is 7.20. The highest BCUT2D eigenvalue weighted by atomic mass is 32.1. The van der Waals surface area contributed by atoms with Crippen molar-refractivity contribution >= 4 is 11.3 Å². The van der Waals surface area contributed by atoms with E-state index in [2.05, 4.69) is 10.7 Å². The minimum absolute atomic E-state index is 0.592. The summed E-state index contributed by atoms with van der Waals surface area (Å²) in [5, 5.41) is 6.76. The van der Waals surface area contributed by atoms with E-state index < -0.39 is 0 Å². The highest BCUT2D eigenvalue weighted by Crippen LogP contribution is 2.36. The molecular formula is C16H20N2O2S. The van der Waals surface area contributed by atoms with Crippen LogP contribution >= 0.6 is 11.3 Å². The fourth-order valence-electron chi connectivity index (χ4n) is 2.68. The van der Waals surface area contributed by atoms with E-state index in [9.17, 15) is 0 Å². The number of hydrogen-bond acceptors (Lipinski definition) is 5. The molecule has 1 aliphatic heterocycles. The van der Waals surface area contributed by atoms with E-state index in [1.807, 2.05) is 18.2 Å². The lowest BCUT2D eigenvalue weighted by Gasteiger charge is -2.20. The van der Waals surface area contributed by atoms with Crippen LogP contribution in [0.25, 0.3) is 11.3 Å². The average molecular weight is 304 g/mol. The maximum Gasteiger partial charge on any atom is 0.131 e. The Bertz CT molecular complexity index is 606. The number of piperidine rings is 1. The second kappa shape index (κ2) is 6.45. The maximum absolute atomic E-state index is 5.47. The SMILES string of the molecule is COc1ccc(-c2csc(C3CCNCC3)n2)c(OC)c1. The van der Waals surface area contributed by atoms with Crippen molar-refractivity contribution in [3.8, 4) is 22.8 Å². The van der Waals surface area contributed by atoms with Crippen molar-refractivity contribution in [3.63, 3.8) is 0 Å². The third kappa shape index (κ3) is 3.04. The van der Waals surface area contributed by atoms with Gasteiger partial charge in [0.25, 0.3) is 0 Å². The predicted molar refractivity (Wildman–Crippen MR) is 85.5 cm³/mol. The van der Waals surface area contributed by atoms with Crippen LogP contribution in [0.3, 0.4) is 0 Å². The predicted octanol–water partition coefficient (Wildman–Crippen LogP) is 3.29. The van der Waals surface area contributed by atoms with Gasteiger partial charge in [-0.15, -0.1) is 11.3 Å². The van der Waals surface area contributed by atoms with Crippen LogP contribution in [0.5, 0.6) is 11.5 Å². The lowest BCUT2D eigenvalue weighted by Crippen LogP contribution is -2.26. The number of rotatable bonds is 4. The van der Waals surface area contributed by atoms with Crippen molar-refractivity contribution < 1.29 is 9.47 Å². The van der Waals surface area contributed by atoms with Crippen molar-refractivity contribution in [1.29, 1.82) is 0 Å². The van der Waals surface area contributed by atoms with Crippen LogP contribution in [0.1, 0.15) is 23.8 Å². The highest BCUT2D eigenvalue weighted by Gasteiger charge is 2.19. The van der Waals surface area contributed by atoms with Crippen LogP contribution in [0.4, 0.5) is 0 Å². The molecule has 2 heterocycles. The van der Waals surface area contributed by atoms with Crippen molar-refractivity contribution in [2.75, 3.05) is 27.3 Å². The molecule has 3 rings (SSSR count). The largest absolute Gasteiger partial charge is 0.497 e. The molecule has 0 spiro atoms. The van der Waals surface area contributed by atoms with Gasteiger partial charge in [-0.2, -0.15) is 0 Å². The van der Waals surface area contributed by atoms with Gasteiger partial charge in [-0.1, -0.05) is 0 Å². The van der Waals surface area contributed by atoms with Gasteiger partial charge in [-0.05, 0) is 38.1 Å². The normalized spacial score (nSPS) is 15.9. The van der Waals surface area contributed by atoms with Crippen molar-refractivity contribution in [3.05, 3.63) is 28.6 Å². The van der Waals surface area contributed by atoms with Gasteiger partial charge >= 0.3 is 0 Å². The minimum Gasteiger partial charge on any atom is -0.497 e. The molecule has 2 aromatic rings. The number of nitrogens with zero attached hydrogens (tertiary/aromatic N) is 1. The summed E-state index contributed by atoms with van der Waals surface area (Å²) < 4.78 is 10.7. The molecule has 5 heteroatoms. The first kappa shape index (κ1) is 14.4. The molecule has 112 valence electrons. The number of nitrogens with one attached hydrogen (secondary N) is 1. The monoisotopic (exact) mass is 304 g/mol. The van der Waals surface area contributed by atoms with Gasteiger partial charge < -0.3 is 14.8 Å². The summed E-state index contributed by atoms with van der Waals surface area (Å²) in [4.78, 5) is 4.84. The summed E-state index contributed by atoms with van der Waals surface area (Å²) >= 11 is 1.75. The molecule has 0 unspecified atom stereocenters. The summed E-state index contributed by atoms with van der Waals surface area (Å²) in [6.07, 6.45) is 2.35. The van der Waals surface area contributed by atoms with Crippen LogP contribution in [0.2, 0.25) is 0 Å². The Morgan fingerprint density at radius 2 is 2.00 bits per heavy atom. The molecule has 1 aromatic heterocycles. The van der Waals surface area contributed by atoms with Crippen molar-refractivity contribution in [2.45, 2.75) is 18.8 Å². The van der Waals surface area contributed by atoms with Gasteiger partial charge in [0.1, 0.15) is 11.5 Å². The number of ether oxygens (including phenoxy) is 2. The molecule has 1 fully saturated rings. The molecule has 4 nitrogen and oxygen atoms in total. The summed E-state index contributed by atoms with van der Waals surface area (Å²) in [7, 11) is 3.34. The Morgan fingerprint density at radius 3 is 2.71 bits per heavy atom. The van der Waals surface area contributed by atoms with Crippen molar-refractivity contribution in [2.24, 2.45) is 0 Å². The van der Waals surface area contributed by atoms with Gasteiger partial charge in [0.05, 0.1) is 24.9 Å². The van der Waals surface area contributed by atoms with E-state index in [1.165, 1.54) is 17.8 Å². The van der Waals surface area contributed by atoms with Crippen LogP contribution in [-0.4, -0.2) is 32.3 Å². The van der Waals surface area contributed by atoms with Gasteiger partial charge in [0.2, 0.25) is 0 Å². The average Bonchev–Trinajstić information content (AvgIpc) is 3.04. The molecule has 0 bridgehead atoms.